The summed E-state index contributed by atoms with van der Waals surface area (Å²) in [6.07, 6.45) is 7.60. The first-order valence-electron chi connectivity index (χ1n) is 9.53. The van der Waals surface area contributed by atoms with E-state index in [1.807, 2.05) is 0 Å². The summed E-state index contributed by atoms with van der Waals surface area (Å²) in [6.45, 7) is 1.63. The molecule has 4 fully saturated rings. The molecule has 0 aromatic heterocycles. The molecule has 0 aliphatic heterocycles. The minimum Gasteiger partial charge on any atom is -0.352 e. The molecule has 3 nitrogen and oxygen atoms in total. The highest BCUT2D eigenvalue weighted by Crippen LogP contribution is 2.60. The number of rotatable bonds is 5. The molecule has 4 saturated carbocycles. The van der Waals surface area contributed by atoms with Gasteiger partial charge in [0.15, 0.2) is 0 Å². The van der Waals surface area contributed by atoms with Crippen LogP contribution >= 0.6 is 0 Å². The SMILES string of the molecule is CN(C)Cc1ccc(CNC(=O)C23CC4CC(CC(C4)C2)C3)cc1. The van der Waals surface area contributed by atoms with Crippen molar-refractivity contribution >= 4 is 5.91 Å². The number of nitrogens with zero attached hydrogens (tertiary/aromatic N) is 1. The molecule has 0 heterocycles. The molecule has 0 atom stereocenters. The number of nitrogens with one attached hydrogen (secondary N) is 1. The minimum absolute atomic E-state index is 0.0282. The maximum atomic E-state index is 13.0. The standard InChI is InChI=1S/C21H30N2O/c1-23(2)14-16-5-3-15(4-6-16)13-22-20(24)21-10-17-7-18(11-21)9-19(8-17)12-21/h3-6,17-19H,7-14H2,1-2H3,(H,22,24). The largest absolute Gasteiger partial charge is 0.352 e. The maximum absolute atomic E-state index is 13.0. The topological polar surface area (TPSA) is 32.3 Å². The van der Waals surface area contributed by atoms with Crippen LogP contribution in [0.1, 0.15) is 49.7 Å². The smallest absolute Gasteiger partial charge is 0.226 e. The predicted octanol–water partition coefficient (Wildman–Crippen LogP) is 3.58. The molecular formula is C21H30N2O. The van der Waals surface area contributed by atoms with Gasteiger partial charge in [0.25, 0.3) is 0 Å². The molecule has 1 N–H and O–H groups in total. The monoisotopic (exact) mass is 326 g/mol. The summed E-state index contributed by atoms with van der Waals surface area (Å²) in [5, 5.41) is 3.27. The lowest BCUT2D eigenvalue weighted by Gasteiger charge is -2.55. The molecule has 1 amide bonds. The lowest BCUT2D eigenvalue weighted by atomic mass is 9.49. The molecule has 4 bridgehead atoms. The van der Waals surface area contributed by atoms with Crippen LogP contribution in [0, 0.1) is 23.2 Å². The van der Waals surface area contributed by atoms with Crippen molar-refractivity contribution in [1.82, 2.24) is 10.2 Å². The molecule has 3 heteroatoms. The van der Waals surface area contributed by atoms with Crippen molar-refractivity contribution in [2.75, 3.05) is 14.1 Å². The molecule has 5 rings (SSSR count). The van der Waals surface area contributed by atoms with Gasteiger partial charge in [-0.1, -0.05) is 24.3 Å². The Hall–Kier alpha value is -1.35. The second kappa shape index (κ2) is 6.18. The number of benzene rings is 1. The molecule has 0 spiro atoms. The van der Waals surface area contributed by atoms with E-state index in [2.05, 4.69) is 48.6 Å². The number of hydrogen-bond donors (Lipinski definition) is 1. The van der Waals surface area contributed by atoms with Gasteiger partial charge in [0.1, 0.15) is 0 Å². The first-order valence-corrected chi connectivity index (χ1v) is 9.53. The van der Waals surface area contributed by atoms with Crippen LogP contribution in [0.4, 0.5) is 0 Å². The van der Waals surface area contributed by atoms with Crippen molar-refractivity contribution in [1.29, 1.82) is 0 Å². The third kappa shape index (κ3) is 3.11. The normalized spacial score (nSPS) is 33.9. The van der Waals surface area contributed by atoms with Crippen LogP contribution in [-0.4, -0.2) is 24.9 Å². The highest BCUT2D eigenvalue weighted by molar-refractivity contribution is 5.83. The zero-order chi connectivity index (χ0) is 16.7. The number of carbonyl (C=O) groups is 1. The fraction of sp³-hybridized carbons (Fsp3) is 0.667. The Morgan fingerprint density at radius 2 is 1.50 bits per heavy atom. The maximum Gasteiger partial charge on any atom is 0.226 e. The lowest BCUT2D eigenvalue weighted by Crippen LogP contribution is -2.53. The molecule has 24 heavy (non-hydrogen) atoms. The zero-order valence-electron chi connectivity index (χ0n) is 15.1. The molecule has 130 valence electrons. The molecular weight excluding hydrogens is 296 g/mol. The molecule has 4 aliphatic carbocycles. The van der Waals surface area contributed by atoms with Crippen molar-refractivity contribution in [3.63, 3.8) is 0 Å². The van der Waals surface area contributed by atoms with Gasteiger partial charge in [-0.2, -0.15) is 0 Å². The van der Waals surface area contributed by atoms with E-state index in [1.165, 1.54) is 30.4 Å². The summed E-state index contributed by atoms with van der Waals surface area (Å²) in [5.74, 6) is 2.81. The highest BCUT2D eigenvalue weighted by atomic mass is 16.2. The quantitative estimate of drug-likeness (QED) is 0.897. The van der Waals surface area contributed by atoms with Gasteiger partial charge in [0.05, 0.1) is 0 Å². The summed E-state index contributed by atoms with van der Waals surface area (Å²) in [6, 6.07) is 8.65. The molecule has 1 aromatic carbocycles. The third-order valence-electron chi connectivity index (χ3n) is 6.49. The zero-order valence-corrected chi connectivity index (χ0v) is 15.1. The van der Waals surface area contributed by atoms with Crippen LogP contribution in [-0.2, 0) is 17.9 Å². The Balaban J connectivity index is 1.37. The van der Waals surface area contributed by atoms with Crippen molar-refractivity contribution in [3.05, 3.63) is 35.4 Å². The number of carbonyl (C=O) groups excluding carboxylic acids is 1. The van der Waals surface area contributed by atoms with Crippen LogP contribution < -0.4 is 5.32 Å². The summed E-state index contributed by atoms with van der Waals surface area (Å²) < 4.78 is 0. The van der Waals surface area contributed by atoms with Crippen LogP contribution in [0.3, 0.4) is 0 Å². The van der Waals surface area contributed by atoms with Crippen molar-refractivity contribution in [2.24, 2.45) is 23.2 Å². The van der Waals surface area contributed by atoms with Gasteiger partial charge in [-0.05, 0) is 81.5 Å². The van der Waals surface area contributed by atoms with Crippen LogP contribution in [0.5, 0.6) is 0 Å². The van der Waals surface area contributed by atoms with Gasteiger partial charge < -0.3 is 10.2 Å². The van der Waals surface area contributed by atoms with Gasteiger partial charge in [-0.15, -0.1) is 0 Å². The Bertz CT molecular complexity index is 569. The van der Waals surface area contributed by atoms with E-state index >= 15 is 0 Å². The number of hydrogen-bond acceptors (Lipinski definition) is 2. The van der Waals surface area contributed by atoms with Crippen LogP contribution in [0.25, 0.3) is 0 Å². The Morgan fingerprint density at radius 1 is 1.00 bits per heavy atom. The molecule has 0 unspecified atom stereocenters. The Labute approximate surface area is 145 Å². The minimum atomic E-state index is -0.0282. The van der Waals surface area contributed by atoms with Gasteiger partial charge in [0.2, 0.25) is 5.91 Å². The van der Waals surface area contributed by atoms with E-state index in [4.69, 9.17) is 0 Å². The summed E-state index contributed by atoms with van der Waals surface area (Å²) in [4.78, 5) is 15.1. The van der Waals surface area contributed by atoms with Gasteiger partial charge in [-0.25, -0.2) is 0 Å². The predicted molar refractivity (Wildman–Crippen MR) is 96.3 cm³/mol. The second-order valence-corrected chi connectivity index (χ2v) is 8.93. The average Bonchev–Trinajstić information content (AvgIpc) is 2.52. The molecule has 1 aromatic rings. The van der Waals surface area contributed by atoms with E-state index in [9.17, 15) is 4.79 Å². The summed E-state index contributed by atoms with van der Waals surface area (Å²) in [7, 11) is 4.17. The van der Waals surface area contributed by atoms with Crippen LogP contribution in [0.2, 0.25) is 0 Å². The van der Waals surface area contributed by atoms with Gasteiger partial charge in [-0.3, -0.25) is 4.79 Å². The highest BCUT2D eigenvalue weighted by Gasteiger charge is 2.54. The van der Waals surface area contributed by atoms with E-state index in [0.717, 1.165) is 43.6 Å². The molecule has 4 aliphatic rings. The van der Waals surface area contributed by atoms with E-state index < -0.39 is 0 Å². The van der Waals surface area contributed by atoms with Crippen molar-refractivity contribution in [2.45, 2.75) is 51.6 Å². The first-order chi connectivity index (χ1) is 11.5. The van der Waals surface area contributed by atoms with Crippen LogP contribution in [0.15, 0.2) is 24.3 Å². The van der Waals surface area contributed by atoms with E-state index in [-0.39, 0.29) is 5.41 Å². The lowest BCUT2D eigenvalue weighted by molar-refractivity contribution is -0.146. The average molecular weight is 326 g/mol. The third-order valence-corrected chi connectivity index (χ3v) is 6.49. The first kappa shape index (κ1) is 16.1. The summed E-state index contributed by atoms with van der Waals surface area (Å²) >= 11 is 0. The van der Waals surface area contributed by atoms with Gasteiger partial charge >= 0.3 is 0 Å². The van der Waals surface area contributed by atoms with Crippen molar-refractivity contribution in [3.8, 4) is 0 Å². The van der Waals surface area contributed by atoms with E-state index in [0.29, 0.717) is 12.5 Å². The summed E-state index contributed by atoms with van der Waals surface area (Å²) in [5.41, 5.74) is 2.49. The van der Waals surface area contributed by atoms with Crippen molar-refractivity contribution < 1.29 is 4.79 Å². The fourth-order valence-corrected chi connectivity index (χ4v) is 5.89. The van der Waals surface area contributed by atoms with E-state index in [1.54, 1.807) is 0 Å². The molecule has 0 radical (unpaired) electrons. The van der Waals surface area contributed by atoms with Gasteiger partial charge in [0, 0.05) is 18.5 Å². The number of amides is 1. The second-order valence-electron chi connectivity index (χ2n) is 8.93. The Kier molecular flexibility index (Phi) is 4.16. The molecule has 0 saturated heterocycles. The fourth-order valence-electron chi connectivity index (χ4n) is 5.89. The Morgan fingerprint density at radius 3 is 2.00 bits per heavy atom.